The Kier molecular flexibility index (Phi) is 3.56. The molecule has 1 aliphatic heterocycles. The number of nitrogens with zero attached hydrogens (tertiary/aromatic N) is 2. The molecule has 0 atom stereocenters. The number of benzene rings is 2. The van der Waals surface area contributed by atoms with Gasteiger partial charge in [-0.2, -0.15) is 0 Å². The minimum Gasteiger partial charge on any atom is -0.398 e. The molecule has 1 aromatic heterocycles. The fourth-order valence-corrected chi connectivity index (χ4v) is 2.70. The monoisotopic (exact) mass is 312 g/mol. The number of amidine groups is 1. The van der Waals surface area contributed by atoms with Crippen LogP contribution in [0.4, 0.5) is 17.1 Å². The number of fused-ring (bicyclic) bond motifs is 3. The number of nitrogens with one attached hydrogen (secondary N) is 1. The minimum atomic E-state index is 0.741. The van der Waals surface area contributed by atoms with Crippen molar-refractivity contribution in [1.82, 2.24) is 4.98 Å². The van der Waals surface area contributed by atoms with E-state index in [2.05, 4.69) is 10.3 Å². The molecule has 4 rings (SSSR count). The fourth-order valence-electron chi connectivity index (χ4n) is 2.70. The second-order valence-corrected chi connectivity index (χ2v) is 5.50. The molecule has 2 aromatic carbocycles. The molecule has 24 heavy (non-hydrogen) atoms. The quantitative estimate of drug-likeness (QED) is 0.685. The summed E-state index contributed by atoms with van der Waals surface area (Å²) in [7, 11) is 0. The summed E-state index contributed by atoms with van der Waals surface area (Å²) in [6, 6.07) is 19.7. The van der Waals surface area contributed by atoms with Crippen LogP contribution in [-0.4, -0.2) is 10.8 Å². The first kappa shape index (κ1) is 14.2. The maximum atomic E-state index is 6.00. The van der Waals surface area contributed by atoms with E-state index in [1.54, 1.807) is 6.20 Å². The molecule has 0 aliphatic carbocycles. The zero-order valence-corrected chi connectivity index (χ0v) is 13.0. The van der Waals surface area contributed by atoms with Gasteiger partial charge in [0.15, 0.2) is 0 Å². The largest absolute Gasteiger partial charge is 0.398 e. The lowest BCUT2D eigenvalue weighted by Gasteiger charge is -2.07. The zero-order chi connectivity index (χ0) is 16.4. The van der Waals surface area contributed by atoms with E-state index in [-0.39, 0.29) is 0 Å². The first-order chi connectivity index (χ1) is 11.8. The van der Waals surface area contributed by atoms with Crippen molar-refractivity contribution in [2.75, 3.05) is 11.1 Å². The first-order valence-electron chi connectivity index (χ1n) is 7.74. The Morgan fingerprint density at radius 3 is 2.62 bits per heavy atom. The summed E-state index contributed by atoms with van der Waals surface area (Å²) >= 11 is 0. The van der Waals surface area contributed by atoms with Crippen molar-refractivity contribution in [3.63, 3.8) is 0 Å². The van der Waals surface area contributed by atoms with E-state index >= 15 is 0 Å². The van der Waals surface area contributed by atoms with Crippen molar-refractivity contribution in [3.05, 3.63) is 78.5 Å². The highest BCUT2D eigenvalue weighted by molar-refractivity contribution is 6.11. The number of aliphatic imine (C=N–C) groups is 1. The number of aromatic nitrogens is 1. The van der Waals surface area contributed by atoms with E-state index in [0.717, 1.165) is 39.7 Å². The number of nitrogens with two attached hydrogens (primary N) is 1. The van der Waals surface area contributed by atoms with Gasteiger partial charge in [0.25, 0.3) is 0 Å². The van der Waals surface area contributed by atoms with Crippen LogP contribution >= 0.6 is 0 Å². The Labute approximate surface area is 140 Å². The molecule has 3 aromatic rings. The van der Waals surface area contributed by atoms with Gasteiger partial charge >= 0.3 is 0 Å². The van der Waals surface area contributed by atoms with Crippen LogP contribution in [0.25, 0.3) is 17.3 Å². The molecule has 1 aliphatic rings. The third kappa shape index (κ3) is 2.65. The second-order valence-electron chi connectivity index (χ2n) is 5.50. The third-order valence-corrected chi connectivity index (χ3v) is 3.89. The smallest absolute Gasteiger partial charge is 0.131 e. The summed E-state index contributed by atoms with van der Waals surface area (Å²) < 4.78 is 0. The van der Waals surface area contributed by atoms with Crippen LogP contribution in [0.2, 0.25) is 0 Å². The van der Waals surface area contributed by atoms with Crippen molar-refractivity contribution in [2.24, 2.45) is 4.99 Å². The predicted octanol–water partition coefficient (Wildman–Crippen LogP) is 4.50. The standard InChI is InChI=1S/C20H16N4/c21-16-8-3-1-6-14(16)11-12-19-23-17-9-4-2-7-15(17)20-18(24-19)10-5-13-22-20/h1-13H,21H2,(H,23,24)/b12-11+. The molecule has 0 saturated heterocycles. The molecular formula is C20H16N4. The Bertz CT molecular complexity index is 957. The van der Waals surface area contributed by atoms with Gasteiger partial charge in [-0.25, -0.2) is 4.99 Å². The van der Waals surface area contributed by atoms with Gasteiger partial charge in [0.05, 0.1) is 17.1 Å². The number of nitrogen functional groups attached to an aromatic ring is 1. The van der Waals surface area contributed by atoms with Gasteiger partial charge in [0.1, 0.15) is 5.84 Å². The maximum Gasteiger partial charge on any atom is 0.131 e. The van der Waals surface area contributed by atoms with Crippen LogP contribution in [0.5, 0.6) is 0 Å². The normalized spacial score (nSPS) is 12.8. The fraction of sp³-hybridized carbons (Fsp3) is 0. The lowest BCUT2D eigenvalue weighted by Crippen LogP contribution is -2.08. The molecule has 0 spiro atoms. The maximum absolute atomic E-state index is 6.00. The van der Waals surface area contributed by atoms with Crippen molar-refractivity contribution in [1.29, 1.82) is 0 Å². The van der Waals surface area contributed by atoms with E-state index in [4.69, 9.17) is 10.7 Å². The van der Waals surface area contributed by atoms with Crippen LogP contribution in [0.15, 0.2) is 77.9 Å². The van der Waals surface area contributed by atoms with Gasteiger partial charge in [0.2, 0.25) is 0 Å². The van der Waals surface area contributed by atoms with Crippen LogP contribution in [0.1, 0.15) is 5.56 Å². The Balaban J connectivity index is 1.78. The number of hydrogen-bond donors (Lipinski definition) is 2. The number of para-hydroxylation sites is 2. The summed E-state index contributed by atoms with van der Waals surface area (Å²) in [5.74, 6) is 0.748. The van der Waals surface area contributed by atoms with Crippen molar-refractivity contribution in [3.8, 4) is 11.3 Å². The SMILES string of the molecule is Nc1ccccc1/C=C/C1=Nc2ccccc2-c2ncccc2N1. The van der Waals surface area contributed by atoms with Crippen molar-refractivity contribution in [2.45, 2.75) is 0 Å². The summed E-state index contributed by atoms with van der Waals surface area (Å²) in [4.78, 5) is 9.24. The van der Waals surface area contributed by atoms with Crippen LogP contribution in [-0.2, 0) is 0 Å². The average Bonchev–Trinajstić information content (AvgIpc) is 2.77. The molecular weight excluding hydrogens is 296 g/mol. The molecule has 0 radical (unpaired) electrons. The molecule has 4 nitrogen and oxygen atoms in total. The van der Waals surface area contributed by atoms with Gasteiger partial charge in [-0.1, -0.05) is 36.4 Å². The molecule has 0 bridgehead atoms. The molecule has 0 fully saturated rings. The third-order valence-electron chi connectivity index (χ3n) is 3.89. The van der Waals surface area contributed by atoms with Gasteiger partial charge in [-0.3, -0.25) is 4.98 Å². The van der Waals surface area contributed by atoms with E-state index in [1.807, 2.05) is 72.8 Å². The molecule has 2 heterocycles. The first-order valence-corrected chi connectivity index (χ1v) is 7.74. The highest BCUT2D eigenvalue weighted by Gasteiger charge is 2.15. The minimum absolute atomic E-state index is 0.741. The van der Waals surface area contributed by atoms with Crippen LogP contribution < -0.4 is 11.1 Å². The Morgan fingerprint density at radius 2 is 1.71 bits per heavy atom. The summed E-state index contributed by atoms with van der Waals surface area (Å²) in [5, 5.41) is 3.36. The lowest BCUT2D eigenvalue weighted by molar-refractivity contribution is 1.33. The highest BCUT2D eigenvalue weighted by atomic mass is 15.0. The average molecular weight is 312 g/mol. The summed E-state index contributed by atoms with van der Waals surface area (Å²) in [6.45, 7) is 0. The second kappa shape index (κ2) is 6.01. The zero-order valence-electron chi connectivity index (χ0n) is 13.0. The predicted molar refractivity (Wildman–Crippen MR) is 100 cm³/mol. The topological polar surface area (TPSA) is 63.3 Å². The van der Waals surface area contributed by atoms with Crippen molar-refractivity contribution >= 4 is 29.0 Å². The summed E-state index contributed by atoms with van der Waals surface area (Å²) in [5.41, 5.74) is 11.5. The molecule has 0 unspecified atom stereocenters. The van der Waals surface area contributed by atoms with E-state index in [1.165, 1.54) is 0 Å². The molecule has 0 saturated carbocycles. The number of pyridine rings is 1. The highest BCUT2D eigenvalue weighted by Crippen LogP contribution is 2.35. The van der Waals surface area contributed by atoms with E-state index < -0.39 is 0 Å². The van der Waals surface area contributed by atoms with Gasteiger partial charge < -0.3 is 11.1 Å². The summed E-state index contributed by atoms with van der Waals surface area (Å²) in [6.07, 6.45) is 5.69. The van der Waals surface area contributed by atoms with Crippen LogP contribution in [0.3, 0.4) is 0 Å². The molecule has 4 heteroatoms. The van der Waals surface area contributed by atoms with Gasteiger partial charge in [-0.15, -0.1) is 0 Å². The Hall–Kier alpha value is -3.40. The molecule has 116 valence electrons. The van der Waals surface area contributed by atoms with Gasteiger partial charge in [-0.05, 0) is 42.0 Å². The number of hydrogen-bond acceptors (Lipinski definition) is 4. The van der Waals surface area contributed by atoms with Crippen LogP contribution in [0, 0.1) is 0 Å². The Morgan fingerprint density at radius 1 is 0.875 bits per heavy atom. The van der Waals surface area contributed by atoms with Crippen molar-refractivity contribution < 1.29 is 0 Å². The van der Waals surface area contributed by atoms with Gasteiger partial charge in [0, 0.05) is 17.4 Å². The molecule has 0 amide bonds. The number of anilines is 2. The number of rotatable bonds is 2. The lowest BCUT2D eigenvalue weighted by atomic mass is 10.1. The molecule has 3 N–H and O–H groups in total. The van der Waals surface area contributed by atoms with E-state index in [0.29, 0.717) is 0 Å². The van der Waals surface area contributed by atoms with E-state index in [9.17, 15) is 0 Å².